The zero-order chi connectivity index (χ0) is 31.3. The molecule has 1 saturated carbocycles. The van der Waals surface area contributed by atoms with Crippen molar-refractivity contribution >= 4 is 35.7 Å². The summed E-state index contributed by atoms with van der Waals surface area (Å²) in [6, 6.07) is -1.95. The third kappa shape index (κ3) is 15.1. The molecule has 2 atom stereocenters. The molecule has 1 fully saturated rings. The first kappa shape index (κ1) is 36.0. The molecular weight excluding hydrogens is 548 g/mol. The van der Waals surface area contributed by atoms with Gasteiger partial charge in [-0.3, -0.25) is 19.2 Å². The van der Waals surface area contributed by atoms with Crippen LogP contribution in [0, 0.1) is 24.7 Å². The van der Waals surface area contributed by atoms with Gasteiger partial charge in [0.15, 0.2) is 0 Å². The van der Waals surface area contributed by atoms with E-state index in [1.54, 1.807) is 0 Å². The van der Waals surface area contributed by atoms with Crippen LogP contribution in [0.2, 0.25) is 0 Å². The van der Waals surface area contributed by atoms with Crippen molar-refractivity contribution < 1.29 is 47.7 Å². The van der Waals surface area contributed by atoms with E-state index in [1.807, 2.05) is 0 Å². The highest BCUT2D eigenvalue weighted by Gasteiger charge is 2.29. The number of methoxy groups -OCH3 is 2. The monoisotopic (exact) mass is 590 g/mol. The molecule has 0 aromatic heterocycles. The molecule has 1 rings (SSSR count). The highest BCUT2D eigenvalue weighted by molar-refractivity contribution is 5.85. The van der Waals surface area contributed by atoms with Crippen molar-refractivity contribution in [3.8, 4) is 24.7 Å². The van der Waals surface area contributed by atoms with Crippen molar-refractivity contribution in [2.45, 2.75) is 114 Å². The summed E-state index contributed by atoms with van der Waals surface area (Å²) in [5, 5.41) is 5.13. The standard InChI is InChI=1S/C30H42N2O10/c1-5-7-9-11-25(33)31-23(29(37)39-3)17-19-27(35)41-21-13-15-22(16-14-21)42-28(36)20-18-24(30(38)40-4)32-26(34)12-10-8-6-2/h1-2,21-24H,7-20H2,3-4H3,(H,31,33)(H,32,34)/t21?,22?,23-,24-/m0/s1. The number of hydrogen-bond acceptors (Lipinski definition) is 10. The topological polar surface area (TPSA) is 163 Å². The number of terminal acetylenes is 2. The molecule has 1 aliphatic carbocycles. The molecular formula is C30H42N2O10. The van der Waals surface area contributed by atoms with E-state index < -0.39 is 36.0 Å². The summed E-state index contributed by atoms with van der Waals surface area (Å²) in [4.78, 5) is 72.9. The summed E-state index contributed by atoms with van der Waals surface area (Å²) in [5.74, 6) is 1.82. The Kier molecular flexibility index (Phi) is 17.8. The molecule has 42 heavy (non-hydrogen) atoms. The molecule has 0 heterocycles. The lowest BCUT2D eigenvalue weighted by molar-refractivity contribution is -0.159. The molecule has 0 aromatic carbocycles. The van der Waals surface area contributed by atoms with Gasteiger partial charge in [-0.15, -0.1) is 24.7 Å². The minimum Gasteiger partial charge on any atom is -0.467 e. The lowest BCUT2D eigenvalue weighted by Gasteiger charge is -2.28. The number of rotatable bonds is 18. The molecule has 0 saturated heterocycles. The zero-order valence-electron chi connectivity index (χ0n) is 24.4. The van der Waals surface area contributed by atoms with Crippen molar-refractivity contribution in [2.75, 3.05) is 14.2 Å². The second kappa shape index (κ2) is 20.8. The number of unbranched alkanes of at least 4 members (excludes halogenated alkanes) is 2. The summed E-state index contributed by atoms with van der Waals surface area (Å²) in [6.45, 7) is 0. The minimum absolute atomic E-state index is 0.0251. The first-order chi connectivity index (χ1) is 20.1. The van der Waals surface area contributed by atoms with Crippen LogP contribution in [0.4, 0.5) is 0 Å². The van der Waals surface area contributed by atoms with Gasteiger partial charge in [-0.05, 0) is 51.4 Å². The maximum absolute atomic E-state index is 12.4. The molecule has 0 unspecified atom stereocenters. The van der Waals surface area contributed by atoms with Crippen molar-refractivity contribution in [1.29, 1.82) is 0 Å². The zero-order valence-corrected chi connectivity index (χ0v) is 24.4. The van der Waals surface area contributed by atoms with Crippen LogP contribution < -0.4 is 10.6 Å². The SMILES string of the molecule is C#CCCCC(=O)N[C@@H](CCC(=O)OC1CCC(OC(=O)CC[C@H](NC(=O)CCCC#C)C(=O)OC)CC1)C(=O)OC. The normalized spacial score (nSPS) is 17.2. The van der Waals surface area contributed by atoms with Gasteiger partial charge in [0.25, 0.3) is 0 Å². The number of amides is 2. The van der Waals surface area contributed by atoms with E-state index in [0.29, 0.717) is 51.4 Å². The molecule has 1 aliphatic rings. The molecule has 0 bridgehead atoms. The van der Waals surface area contributed by atoms with Gasteiger partial charge in [-0.1, -0.05) is 0 Å². The highest BCUT2D eigenvalue weighted by Crippen LogP contribution is 2.24. The van der Waals surface area contributed by atoms with Crippen molar-refractivity contribution in [2.24, 2.45) is 0 Å². The van der Waals surface area contributed by atoms with Crippen LogP contribution in [-0.2, 0) is 47.7 Å². The van der Waals surface area contributed by atoms with Gasteiger partial charge in [0.1, 0.15) is 24.3 Å². The fourth-order valence-corrected chi connectivity index (χ4v) is 4.30. The molecule has 0 aliphatic heterocycles. The van der Waals surface area contributed by atoms with Crippen LogP contribution in [0.1, 0.15) is 89.9 Å². The van der Waals surface area contributed by atoms with Crippen LogP contribution in [0.15, 0.2) is 0 Å². The maximum atomic E-state index is 12.4. The van der Waals surface area contributed by atoms with E-state index in [2.05, 4.69) is 22.5 Å². The lowest BCUT2D eigenvalue weighted by atomic mass is 9.95. The van der Waals surface area contributed by atoms with E-state index in [4.69, 9.17) is 31.8 Å². The minimum atomic E-state index is -0.975. The number of nitrogens with one attached hydrogen (secondary N) is 2. The van der Waals surface area contributed by atoms with Crippen molar-refractivity contribution in [1.82, 2.24) is 10.6 Å². The quantitative estimate of drug-likeness (QED) is 0.104. The molecule has 0 aromatic rings. The van der Waals surface area contributed by atoms with Gasteiger partial charge in [0, 0.05) is 38.5 Å². The van der Waals surface area contributed by atoms with Crippen LogP contribution in [0.25, 0.3) is 0 Å². The fourth-order valence-electron chi connectivity index (χ4n) is 4.30. The first-order valence-electron chi connectivity index (χ1n) is 14.1. The molecule has 0 spiro atoms. The second-order valence-corrected chi connectivity index (χ2v) is 9.86. The Morgan fingerprint density at radius 1 is 0.667 bits per heavy atom. The maximum Gasteiger partial charge on any atom is 0.328 e. The Labute approximate surface area is 247 Å². The first-order valence-corrected chi connectivity index (χ1v) is 14.1. The van der Waals surface area contributed by atoms with Gasteiger partial charge < -0.3 is 29.6 Å². The predicted molar refractivity (Wildman–Crippen MR) is 150 cm³/mol. The summed E-state index contributed by atoms with van der Waals surface area (Å²) >= 11 is 0. The van der Waals surface area contributed by atoms with E-state index in [9.17, 15) is 28.8 Å². The van der Waals surface area contributed by atoms with Crippen molar-refractivity contribution in [3.05, 3.63) is 0 Å². The molecule has 2 amide bonds. The summed E-state index contributed by atoms with van der Waals surface area (Å²) in [7, 11) is 2.39. The number of carbonyl (C=O) groups excluding carboxylic acids is 6. The largest absolute Gasteiger partial charge is 0.467 e. The Hall–Kier alpha value is -4.06. The number of ether oxygens (including phenoxy) is 4. The van der Waals surface area contributed by atoms with E-state index in [1.165, 1.54) is 14.2 Å². The smallest absolute Gasteiger partial charge is 0.328 e. The molecule has 232 valence electrons. The number of carbonyl (C=O) groups is 6. The lowest BCUT2D eigenvalue weighted by Crippen LogP contribution is -2.42. The van der Waals surface area contributed by atoms with Gasteiger partial charge in [-0.2, -0.15) is 0 Å². The molecule has 12 heteroatoms. The number of esters is 4. The van der Waals surface area contributed by atoms with Crippen molar-refractivity contribution in [3.63, 3.8) is 0 Å². The second-order valence-electron chi connectivity index (χ2n) is 9.86. The summed E-state index contributed by atoms with van der Waals surface area (Å²) in [6.07, 6.45) is 13.6. The van der Waals surface area contributed by atoms with E-state index in [-0.39, 0.29) is 62.5 Å². The predicted octanol–water partition coefficient (Wildman–Crippen LogP) is 1.87. The summed E-state index contributed by atoms with van der Waals surface area (Å²) in [5.41, 5.74) is 0. The number of hydrogen-bond donors (Lipinski definition) is 2. The summed E-state index contributed by atoms with van der Waals surface area (Å²) < 4.78 is 20.5. The van der Waals surface area contributed by atoms with Crippen LogP contribution in [0.3, 0.4) is 0 Å². The third-order valence-corrected chi connectivity index (χ3v) is 6.58. The van der Waals surface area contributed by atoms with E-state index >= 15 is 0 Å². The Balaban J connectivity index is 2.42. The van der Waals surface area contributed by atoms with Gasteiger partial charge in [0.2, 0.25) is 11.8 Å². The average Bonchev–Trinajstić information content (AvgIpc) is 2.97. The van der Waals surface area contributed by atoms with Crippen LogP contribution in [0.5, 0.6) is 0 Å². The van der Waals surface area contributed by atoms with Gasteiger partial charge >= 0.3 is 23.9 Å². The molecule has 2 N–H and O–H groups in total. The Morgan fingerprint density at radius 3 is 1.33 bits per heavy atom. The van der Waals surface area contributed by atoms with Gasteiger partial charge in [0.05, 0.1) is 14.2 Å². The Bertz CT molecular complexity index is 925. The van der Waals surface area contributed by atoms with Crippen LogP contribution >= 0.6 is 0 Å². The third-order valence-electron chi connectivity index (χ3n) is 6.58. The van der Waals surface area contributed by atoms with Crippen LogP contribution in [-0.4, -0.2) is 74.2 Å². The van der Waals surface area contributed by atoms with E-state index in [0.717, 1.165) is 0 Å². The van der Waals surface area contributed by atoms with Gasteiger partial charge in [-0.25, -0.2) is 9.59 Å². The average molecular weight is 591 g/mol. The highest BCUT2D eigenvalue weighted by atomic mass is 16.6. The Morgan fingerprint density at radius 2 is 1.02 bits per heavy atom. The molecule has 12 nitrogen and oxygen atoms in total. The molecule has 0 radical (unpaired) electrons. The fraction of sp³-hybridized carbons (Fsp3) is 0.667.